The van der Waals surface area contributed by atoms with E-state index in [-0.39, 0.29) is 0 Å². The molecule has 0 bridgehead atoms. The van der Waals surface area contributed by atoms with E-state index < -0.39 is 0 Å². The van der Waals surface area contributed by atoms with E-state index in [9.17, 15) is 0 Å². The molecule has 0 saturated heterocycles. The van der Waals surface area contributed by atoms with Gasteiger partial charge in [0, 0.05) is 27.9 Å². The molecule has 0 fully saturated rings. The van der Waals surface area contributed by atoms with Crippen molar-refractivity contribution in [3.63, 3.8) is 0 Å². The largest absolute Gasteiger partial charge is 0.333 e. The molecular formula is C10H8Br2N2. The lowest BCUT2D eigenvalue weighted by atomic mass is 10.2. The number of rotatable bonds is 2. The van der Waals surface area contributed by atoms with Crippen LogP contribution in [0.2, 0.25) is 0 Å². The molecule has 14 heavy (non-hydrogen) atoms. The molecular weight excluding hydrogens is 308 g/mol. The van der Waals surface area contributed by atoms with Crippen LogP contribution in [-0.4, -0.2) is 9.55 Å². The first kappa shape index (κ1) is 9.93. The molecule has 0 atom stereocenters. The normalized spacial score (nSPS) is 10.4. The minimum atomic E-state index is 0.853. The summed E-state index contributed by atoms with van der Waals surface area (Å²) in [6.07, 6.45) is 5.56. The van der Waals surface area contributed by atoms with Gasteiger partial charge in [-0.2, -0.15) is 0 Å². The highest BCUT2D eigenvalue weighted by atomic mass is 79.9. The molecule has 0 saturated carbocycles. The molecule has 0 radical (unpaired) electrons. The quantitative estimate of drug-likeness (QED) is 0.830. The SMILES string of the molecule is Brc1ccc(Cn2ccnc2)cc1Br. The second kappa shape index (κ2) is 4.28. The number of imidazole rings is 1. The van der Waals surface area contributed by atoms with Crippen molar-refractivity contribution in [2.24, 2.45) is 0 Å². The topological polar surface area (TPSA) is 17.8 Å². The number of hydrogen-bond acceptors (Lipinski definition) is 1. The third-order valence-corrected chi connectivity index (χ3v) is 3.79. The maximum atomic E-state index is 4.00. The van der Waals surface area contributed by atoms with Crippen LogP contribution in [0.5, 0.6) is 0 Å². The molecule has 0 aliphatic heterocycles. The molecule has 2 aromatic rings. The predicted octanol–water partition coefficient (Wildman–Crippen LogP) is 3.46. The van der Waals surface area contributed by atoms with Gasteiger partial charge >= 0.3 is 0 Å². The van der Waals surface area contributed by atoms with Crippen molar-refractivity contribution in [3.05, 3.63) is 51.4 Å². The summed E-state index contributed by atoms with van der Waals surface area (Å²) in [5.74, 6) is 0. The zero-order valence-electron chi connectivity index (χ0n) is 7.32. The predicted molar refractivity (Wildman–Crippen MR) is 63.2 cm³/mol. The molecule has 0 N–H and O–H groups in total. The summed E-state index contributed by atoms with van der Waals surface area (Å²) in [7, 11) is 0. The van der Waals surface area contributed by atoms with Crippen molar-refractivity contribution >= 4 is 31.9 Å². The smallest absolute Gasteiger partial charge is 0.0949 e. The minimum absolute atomic E-state index is 0.853. The first-order chi connectivity index (χ1) is 6.75. The first-order valence-corrected chi connectivity index (χ1v) is 5.74. The highest BCUT2D eigenvalue weighted by Crippen LogP contribution is 2.24. The number of aromatic nitrogens is 2. The number of nitrogens with zero attached hydrogens (tertiary/aromatic N) is 2. The van der Waals surface area contributed by atoms with Gasteiger partial charge in [0.05, 0.1) is 6.33 Å². The lowest BCUT2D eigenvalue weighted by Crippen LogP contribution is -1.95. The van der Waals surface area contributed by atoms with Crippen LogP contribution in [0, 0.1) is 0 Å². The standard InChI is InChI=1S/C10H8Br2N2/c11-9-2-1-8(5-10(9)12)6-14-4-3-13-7-14/h1-5,7H,6H2. The monoisotopic (exact) mass is 314 g/mol. The van der Waals surface area contributed by atoms with Crippen LogP contribution in [0.3, 0.4) is 0 Å². The van der Waals surface area contributed by atoms with Gasteiger partial charge in [-0.05, 0) is 49.6 Å². The summed E-state index contributed by atoms with van der Waals surface area (Å²) in [5, 5.41) is 0. The Labute approximate surface area is 99.2 Å². The van der Waals surface area contributed by atoms with E-state index in [1.807, 2.05) is 23.2 Å². The average Bonchev–Trinajstić information content (AvgIpc) is 2.64. The van der Waals surface area contributed by atoms with E-state index in [2.05, 4.69) is 49.0 Å². The summed E-state index contributed by atoms with van der Waals surface area (Å²) < 4.78 is 4.19. The Kier molecular flexibility index (Phi) is 3.03. The maximum absolute atomic E-state index is 4.00. The van der Waals surface area contributed by atoms with Crippen molar-refractivity contribution < 1.29 is 0 Å². The van der Waals surface area contributed by atoms with E-state index in [1.54, 1.807) is 6.20 Å². The van der Waals surface area contributed by atoms with Gasteiger partial charge in [0.15, 0.2) is 0 Å². The van der Waals surface area contributed by atoms with Crippen LogP contribution in [0.15, 0.2) is 45.9 Å². The van der Waals surface area contributed by atoms with Crippen molar-refractivity contribution in [1.29, 1.82) is 0 Å². The summed E-state index contributed by atoms with van der Waals surface area (Å²) in [6, 6.07) is 6.23. The Hall–Kier alpha value is -0.610. The lowest BCUT2D eigenvalue weighted by molar-refractivity contribution is 0.796. The van der Waals surface area contributed by atoms with Crippen LogP contribution in [0.25, 0.3) is 0 Å². The molecule has 1 aromatic carbocycles. The third-order valence-electron chi connectivity index (χ3n) is 1.91. The van der Waals surface area contributed by atoms with Crippen molar-refractivity contribution in [2.75, 3.05) is 0 Å². The van der Waals surface area contributed by atoms with Crippen LogP contribution in [0.1, 0.15) is 5.56 Å². The summed E-state index contributed by atoms with van der Waals surface area (Å²) in [5.41, 5.74) is 1.25. The van der Waals surface area contributed by atoms with Crippen LogP contribution in [-0.2, 0) is 6.54 Å². The van der Waals surface area contributed by atoms with Crippen molar-refractivity contribution in [2.45, 2.75) is 6.54 Å². The Bertz CT molecular complexity index is 424. The second-order valence-electron chi connectivity index (χ2n) is 2.98. The van der Waals surface area contributed by atoms with Gasteiger partial charge < -0.3 is 4.57 Å². The van der Waals surface area contributed by atoms with E-state index in [4.69, 9.17) is 0 Å². The molecule has 0 amide bonds. The van der Waals surface area contributed by atoms with Crippen molar-refractivity contribution in [1.82, 2.24) is 9.55 Å². The first-order valence-electron chi connectivity index (χ1n) is 4.15. The van der Waals surface area contributed by atoms with Gasteiger partial charge in [-0.1, -0.05) is 6.07 Å². The fraction of sp³-hybridized carbons (Fsp3) is 0.100. The van der Waals surface area contributed by atoms with Crippen LogP contribution < -0.4 is 0 Å². The zero-order chi connectivity index (χ0) is 9.97. The van der Waals surface area contributed by atoms with Crippen LogP contribution in [0.4, 0.5) is 0 Å². The third kappa shape index (κ3) is 2.25. The Morgan fingerprint density at radius 3 is 2.71 bits per heavy atom. The number of hydrogen-bond donors (Lipinski definition) is 0. The minimum Gasteiger partial charge on any atom is -0.333 e. The van der Waals surface area contributed by atoms with Gasteiger partial charge in [-0.25, -0.2) is 4.98 Å². The lowest BCUT2D eigenvalue weighted by Gasteiger charge is -2.04. The fourth-order valence-electron chi connectivity index (χ4n) is 1.23. The highest BCUT2D eigenvalue weighted by Gasteiger charge is 1.99. The van der Waals surface area contributed by atoms with Gasteiger partial charge in [0.2, 0.25) is 0 Å². The molecule has 2 nitrogen and oxygen atoms in total. The molecule has 1 aromatic heterocycles. The van der Waals surface area contributed by atoms with E-state index >= 15 is 0 Å². The van der Waals surface area contributed by atoms with E-state index in [0.29, 0.717) is 0 Å². The molecule has 4 heteroatoms. The molecule has 2 rings (SSSR count). The highest BCUT2D eigenvalue weighted by molar-refractivity contribution is 9.13. The molecule has 0 unspecified atom stereocenters. The number of benzene rings is 1. The fourth-order valence-corrected chi connectivity index (χ4v) is 1.90. The van der Waals surface area contributed by atoms with E-state index in [0.717, 1.165) is 15.5 Å². The average molecular weight is 316 g/mol. The zero-order valence-corrected chi connectivity index (χ0v) is 10.5. The second-order valence-corrected chi connectivity index (χ2v) is 4.69. The Morgan fingerprint density at radius 2 is 2.07 bits per heavy atom. The van der Waals surface area contributed by atoms with Crippen LogP contribution >= 0.6 is 31.9 Å². The Morgan fingerprint density at radius 1 is 1.21 bits per heavy atom. The van der Waals surface area contributed by atoms with Gasteiger partial charge in [-0.3, -0.25) is 0 Å². The molecule has 0 aliphatic rings. The number of halogens is 2. The van der Waals surface area contributed by atoms with Gasteiger partial charge in [0.1, 0.15) is 0 Å². The molecule has 1 heterocycles. The van der Waals surface area contributed by atoms with Crippen molar-refractivity contribution in [3.8, 4) is 0 Å². The molecule has 72 valence electrons. The molecule has 0 aliphatic carbocycles. The van der Waals surface area contributed by atoms with Gasteiger partial charge in [0.25, 0.3) is 0 Å². The maximum Gasteiger partial charge on any atom is 0.0949 e. The molecule has 0 spiro atoms. The summed E-state index contributed by atoms with van der Waals surface area (Å²) in [6.45, 7) is 0.853. The van der Waals surface area contributed by atoms with E-state index in [1.165, 1.54) is 5.56 Å². The summed E-state index contributed by atoms with van der Waals surface area (Å²) >= 11 is 6.92. The summed E-state index contributed by atoms with van der Waals surface area (Å²) in [4.78, 5) is 4.00. The van der Waals surface area contributed by atoms with Gasteiger partial charge in [-0.15, -0.1) is 0 Å². The Balaban J connectivity index is 2.22.